The molecule has 46 heavy (non-hydrogen) atoms. The van der Waals surface area contributed by atoms with Crippen LogP contribution in [0.1, 0.15) is 38.9 Å². The van der Waals surface area contributed by atoms with E-state index in [1.165, 1.54) is 54.9 Å². The lowest BCUT2D eigenvalue weighted by Gasteiger charge is -2.19. The minimum atomic E-state index is 0.636. The maximum atomic E-state index is 10.8. The van der Waals surface area contributed by atoms with Gasteiger partial charge in [0, 0.05) is 27.1 Å². The fourth-order valence-corrected chi connectivity index (χ4v) is 7.42. The zero-order valence-corrected chi connectivity index (χ0v) is 27.2. The number of nitriles is 1. The molecule has 0 saturated heterocycles. The molecule has 3 nitrogen and oxygen atoms in total. The van der Waals surface area contributed by atoms with Crippen LogP contribution in [-0.2, 0) is 0 Å². The lowest BCUT2D eigenvalue weighted by molar-refractivity contribution is 1.13. The third-order valence-electron chi connectivity index (χ3n) is 9.40. The molecule has 0 saturated carbocycles. The van der Waals surface area contributed by atoms with Crippen molar-refractivity contribution in [2.75, 3.05) is 0 Å². The molecular weight excluding hydrogens is 558 g/mol. The summed E-state index contributed by atoms with van der Waals surface area (Å²) in [4.78, 5) is 0. The largest absolute Gasteiger partial charge is 0.309 e. The van der Waals surface area contributed by atoms with E-state index in [0.29, 0.717) is 5.56 Å². The first-order valence-corrected chi connectivity index (χ1v) is 15.9. The Hall–Kier alpha value is -5.59. The second kappa shape index (κ2) is 10.2. The molecule has 2 heterocycles. The molecule has 0 N–H and O–H groups in total. The van der Waals surface area contributed by atoms with Gasteiger partial charge in [0.2, 0.25) is 0 Å². The molecule has 8 rings (SSSR count). The van der Waals surface area contributed by atoms with Crippen LogP contribution in [0.4, 0.5) is 0 Å². The minimum absolute atomic E-state index is 0.636. The molecule has 0 fully saturated rings. The first-order valence-electron chi connectivity index (χ1n) is 15.9. The Bertz CT molecular complexity index is 2460. The summed E-state index contributed by atoms with van der Waals surface area (Å²) < 4.78 is 4.65. The third kappa shape index (κ3) is 4.25. The van der Waals surface area contributed by atoms with Gasteiger partial charge in [-0.2, -0.15) is 5.26 Å². The summed E-state index contributed by atoms with van der Waals surface area (Å²) >= 11 is 0. The van der Waals surface area contributed by atoms with Crippen molar-refractivity contribution in [1.82, 2.24) is 9.13 Å². The normalized spacial score (nSPS) is 11.7. The van der Waals surface area contributed by atoms with Crippen LogP contribution in [0.25, 0.3) is 66.1 Å². The zero-order chi connectivity index (χ0) is 31.9. The molecule has 0 unspecified atom stereocenters. The van der Waals surface area contributed by atoms with Crippen molar-refractivity contribution in [1.29, 1.82) is 5.26 Å². The van der Waals surface area contributed by atoms with E-state index in [1.807, 2.05) is 0 Å². The molecule has 0 aliphatic carbocycles. The van der Waals surface area contributed by atoms with Gasteiger partial charge >= 0.3 is 0 Å². The molecule has 0 aliphatic heterocycles. The molecule has 2 aromatic heterocycles. The van der Waals surface area contributed by atoms with E-state index in [-0.39, 0.29) is 0 Å². The van der Waals surface area contributed by atoms with Gasteiger partial charge in [-0.1, -0.05) is 75.8 Å². The van der Waals surface area contributed by atoms with Crippen molar-refractivity contribution in [3.05, 3.63) is 142 Å². The molecular formula is C43H35N3. The molecule has 6 aromatic carbocycles. The van der Waals surface area contributed by atoms with Crippen molar-refractivity contribution >= 4 is 43.6 Å². The van der Waals surface area contributed by atoms with Gasteiger partial charge in [0.05, 0.1) is 39.0 Å². The van der Waals surface area contributed by atoms with Gasteiger partial charge < -0.3 is 9.13 Å². The maximum absolute atomic E-state index is 10.8. The predicted molar refractivity (Wildman–Crippen MR) is 194 cm³/mol. The van der Waals surface area contributed by atoms with Gasteiger partial charge in [-0.3, -0.25) is 0 Å². The standard InChI is InChI=1S/C43H35N3/c1-25-7-11-38-34(18-25)35-19-26(2)8-12-39(35)45(38)42-23-33(31-16-29(5)15-30(6)17-31)43(22-32(42)24-44)46-40-13-9-27(3)20-36(40)37-21-28(4)10-14-41(37)46/h7-23H,1-6H3. The van der Waals surface area contributed by atoms with Crippen LogP contribution < -0.4 is 0 Å². The Labute approximate surface area is 269 Å². The summed E-state index contributed by atoms with van der Waals surface area (Å²) in [5.74, 6) is 0. The van der Waals surface area contributed by atoms with Gasteiger partial charge in [-0.25, -0.2) is 0 Å². The van der Waals surface area contributed by atoms with Gasteiger partial charge in [0.25, 0.3) is 0 Å². The summed E-state index contributed by atoms with van der Waals surface area (Å²) in [7, 11) is 0. The first kappa shape index (κ1) is 27.9. The number of nitrogens with zero attached hydrogens (tertiary/aromatic N) is 3. The number of benzene rings is 6. The predicted octanol–water partition coefficient (Wildman–Crippen LogP) is 11.3. The number of fused-ring (bicyclic) bond motifs is 6. The smallest absolute Gasteiger partial charge is 0.101 e. The lowest BCUT2D eigenvalue weighted by Crippen LogP contribution is -2.04. The Balaban J connectivity index is 1.54. The molecule has 3 heteroatoms. The van der Waals surface area contributed by atoms with Crippen molar-refractivity contribution in [2.45, 2.75) is 41.5 Å². The van der Waals surface area contributed by atoms with Gasteiger partial charge in [0.15, 0.2) is 0 Å². The van der Waals surface area contributed by atoms with E-state index in [4.69, 9.17) is 0 Å². The number of rotatable bonds is 3. The van der Waals surface area contributed by atoms with Crippen molar-refractivity contribution < 1.29 is 0 Å². The van der Waals surface area contributed by atoms with Gasteiger partial charge in [0.1, 0.15) is 6.07 Å². The Kier molecular flexibility index (Phi) is 6.21. The van der Waals surface area contributed by atoms with Crippen LogP contribution in [-0.4, -0.2) is 9.13 Å². The van der Waals surface area contributed by atoms with Crippen LogP contribution in [0.3, 0.4) is 0 Å². The van der Waals surface area contributed by atoms with Crippen LogP contribution in [0.15, 0.2) is 103 Å². The number of aromatic nitrogens is 2. The SMILES string of the molecule is Cc1cc(C)cc(-c2cc(-n3c4ccc(C)cc4c4cc(C)ccc43)c(C#N)cc2-n2c3ccc(C)cc3c3cc(C)ccc32)c1. The van der Waals surface area contributed by atoms with Crippen molar-refractivity contribution in [3.8, 4) is 28.6 Å². The van der Waals surface area contributed by atoms with E-state index < -0.39 is 0 Å². The molecule has 0 radical (unpaired) electrons. The summed E-state index contributed by atoms with van der Waals surface area (Å²) in [6, 6.07) is 40.4. The summed E-state index contributed by atoms with van der Waals surface area (Å²) in [5, 5.41) is 15.7. The highest BCUT2D eigenvalue weighted by Crippen LogP contribution is 2.41. The lowest BCUT2D eigenvalue weighted by atomic mass is 9.96. The van der Waals surface area contributed by atoms with Crippen LogP contribution in [0, 0.1) is 52.9 Å². The number of hydrogen-bond donors (Lipinski definition) is 0. The van der Waals surface area contributed by atoms with E-state index >= 15 is 0 Å². The average molecular weight is 594 g/mol. The highest BCUT2D eigenvalue weighted by Gasteiger charge is 2.22. The summed E-state index contributed by atoms with van der Waals surface area (Å²) in [6.45, 7) is 12.9. The molecule has 0 bridgehead atoms. The summed E-state index contributed by atoms with van der Waals surface area (Å²) in [6.07, 6.45) is 0. The fourth-order valence-electron chi connectivity index (χ4n) is 7.42. The highest BCUT2D eigenvalue weighted by molar-refractivity contribution is 6.11. The summed E-state index contributed by atoms with van der Waals surface area (Å²) in [5.41, 5.74) is 16.6. The zero-order valence-electron chi connectivity index (χ0n) is 27.2. The van der Waals surface area contributed by atoms with Crippen LogP contribution >= 0.6 is 0 Å². The maximum Gasteiger partial charge on any atom is 0.101 e. The molecule has 0 spiro atoms. The Morgan fingerprint density at radius 3 is 1.20 bits per heavy atom. The molecule has 0 amide bonds. The monoisotopic (exact) mass is 593 g/mol. The molecule has 0 aliphatic rings. The van der Waals surface area contributed by atoms with Crippen LogP contribution in [0.2, 0.25) is 0 Å². The fraction of sp³-hybridized carbons (Fsp3) is 0.140. The van der Waals surface area contributed by atoms with Gasteiger partial charge in [-0.15, -0.1) is 0 Å². The highest BCUT2D eigenvalue weighted by atomic mass is 15.0. The number of hydrogen-bond acceptors (Lipinski definition) is 1. The van der Waals surface area contributed by atoms with E-state index in [2.05, 4.69) is 160 Å². The second-order valence-corrected chi connectivity index (χ2v) is 13.1. The molecule has 0 atom stereocenters. The van der Waals surface area contributed by atoms with E-state index in [1.54, 1.807) is 0 Å². The van der Waals surface area contributed by atoms with Gasteiger partial charge in [-0.05, 0) is 108 Å². The topological polar surface area (TPSA) is 33.6 Å². The second-order valence-electron chi connectivity index (χ2n) is 13.1. The van der Waals surface area contributed by atoms with Crippen LogP contribution in [0.5, 0.6) is 0 Å². The van der Waals surface area contributed by atoms with E-state index in [9.17, 15) is 5.26 Å². The van der Waals surface area contributed by atoms with Crippen molar-refractivity contribution in [3.63, 3.8) is 0 Å². The van der Waals surface area contributed by atoms with E-state index in [0.717, 1.165) is 44.6 Å². The molecule has 222 valence electrons. The number of aryl methyl sites for hydroxylation is 6. The van der Waals surface area contributed by atoms with Crippen molar-refractivity contribution in [2.24, 2.45) is 0 Å². The molecule has 8 aromatic rings. The average Bonchev–Trinajstić information content (AvgIpc) is 3.51. The first-order chi connectivity index (χ1) is 22.2. The third-order valence-corrected chi connectivity index (χ3v) is 9.40. The Morgan fingerprint density at radius 2 is 0.804 bits per heavy atom. The Morgan fingerprint density at radius 1 is 0.413 bits per heavy atom. The minimum Gasteiger partial charge on any atom is -0.309 e. The quantitative estimate of drug-likeness (QED) is 0.201.